The molecule has 0 aliphatic heterocycles. The molecular weight excluding hydrogens is 683 g/mol. The second-order valence-electron chi connectivity index (χ2n) is 19.0. The number of nitrogens with zero attached hydrogens (tertiary/aromatic N) is 1. The Morgan fingerprint density at radius 3 is 2.27 bits per heavy atom. The SMILES string of the molecule is CC(C)CCC[C@@H](C)[C@H]1CC[C@H]2[C@@H]3CC=C4C[C@@H](NC(=O)CCNC(=O)CCN(C)C(=O)OC5c6ccccc6-c6ccccc65)CC[C@]4(C)[C@H]3CC[C@]12C. The summed E-state index contributed by atoms with van der Waals surface area (Å²) in [6.07, 6.45) is 16.1. The molecule has 2 aromatic carbocycles. The first-order valence-corrected chi connectivity index (χ1v) is 21.7. The topological polar surface area (TPSA) is 87.7 Å². The average molecular weight is 750 g/mol. The zero-order valence-corrected chi connectivity index (χ0v) is 34.5. The molecule has 0 bridgehead atoms. The molecular formula is C48H67N3O4. The summed E-state index contributed by atoms with van der Waals surface area (Å²) in [5, 5.41) is 6.20. The predicted molar refractivity (Wildman–Crippen MR) is 220 cm³/mol. The number of rotatable bonds is 13. The number of benzene rings is 2. The first kappa shape index (κ1) is 39.6. The van der Waals surface area contributed by atoms with Crippen LogP contribution in [0.2, 0.25) is 0 Å². The highest BCUT2D eigenvalue weighted by molar-refractivity contribution is 5.81. The van der Waals surface area contributed by atoms with Crippen molar-refractivity contribution in [1.29, 1.82) is 0 Å². The van der Waals surface area contributed by atoms with E-state index in [-0.39, 0.29) is 49.2 Å². The summed E-state index contributed by atoms with van der Waals surface area (Å²) in [4.78, 5) is 40.2. The number of carbonyl (C=O) groups excluding carboxylic acids is 3. The van der Waals surface area contributed by atoms with Crippen LogP contribution in [0, 0.1) is 46.3 Å². The third-order valence-electron chi connectivity index (χ3n) is 15.3. The molecule has 0 heterocycles. The van der Waals surface area contributed by atoms with E-state index in [4.69, 9.17) is 4.74 Å². The predicted octanol–water partition coefficient (Wildman–Crippen LogP) is 10.2. The van der Waals surface area contributed by atoms with Gasteiger partial charge in [0.2, 0.25) is 11.8 Å². The fraction of sp³-hybridized carbons (Fsp3) is 0.646. The van der Waals surface area contributed by atoms with E-state index in [0.717, 1.165) is 77.0 Å². The van der Waals surface area contributed by atoms with Gasteiger partial charge in [-0.15, -0.1) is 0 Å². The summed E-state index contributed by atoms with van der Waals surface area (Å²) in [5.74, 6) is 4.76. The van der Waals surface area contributed by atoms with E-state index in [9.17, 15) is 14.4 Å². The maximum Gasteiger partial charge on any atom is 0.410 e. The van der Waals surface area contributed by atoms with Crippen molar-refractivity contribution in [2.24, 2.45) is 46.3 Å². The second-order valence-corrected chi connectivity index (χ2v) is 19.0. The molecule has 5 aliphatic carbocycles. The molecule has 2 aromatic rings. The smallest absolute Gasteiger partial charge is 0.410 e. The minimum atomic E-state index is -0.472. The third-order valence-corrected chi connectivity index (χ3v) is 15.3. The molecule has 3 amide bonds. The second kappa shape index (κ2) is 16.5. The fourth-order valence-corrected chi connectivity index (χ4v) is 12.3. The lowest BCUT2D eigenvalue weighted by atomic mass is 9.47. The summed E-state index contributed by atoms with van der Waals surface area (Å²) in [7, 11) is 1.65. The lowest BCUT2D eigenvalue weighted by Gasteiger charge is -2.58. The van der Waals surface area contributed by atoms with Crippen LogP contribution in [-0.4, -0.2) is 49.0 Å². The van der Waals surface area contributed by atoms with E-state index in [2.05, 4.69) is 51.3 Å². The first-order chi connectivity index (χ1) is 26.4. The number of fused-ring (bicyclic) bond motifs is 8. The fourth-order valence-electron chi connectivity index (χ4n) is 12.3. The van der Waals surface area contributed by atoms with Crippen LogP contribution in [0.1, 0.15) is 135 Å². The summed E-state index contributed by atoms with van der Waals surface area (Å²) in [6, 6.07) is 16.1. The Bertz CT molecular complexity index is 1710. The summed E-state index contributed by atoms with van der Waals surface area (Å²) >= 11 is 0. The van der Waals surface area contributed by atoms with Crippen molar-refractivity contribution in [1.82, 2.24) is 15.5 Å². The molecule has 8 atom stereocenters. The number of ether oxygens (including phenoxy) is 1. The molecule has 0 spiro atoms. The van der Waals surface area contributed by atoms with Crippen molar-refractivity contribution in [2.75, 3.05) is 20.1 Å². The van der Waals surface area contributed by atoms with Gasteiger partial charge in [-0.1, -0.05) is 114 Å². The minimum Gasteiger partial charge on any atom is -0.436 e. The Morgan fingerprint density at radius 1 is 0.855 bits per heavy atom. The number of hydrogen-bond donors (Lipinski definition) is 2. The van der Waals surface area contributed by atoms with Gasteiger partial charge in [-0.2, -0.15) is 0 Å². The van der Waals surface area contributed by atoms with Gasteiger partial charge < -0.3 is 20.3 Å². The molecule has 0 unspecified atom stereocenters. The number of amides is 3. The molecule has 55 heavy (non-hydrogen) atoms. The highest BCUT2D eigenvalue weighted by Crippen LogP contribution is 2.67. The minimum absolute atomic E-state index is 0.00560. The van der Waals surface area contributed by atoms with Crippen molar-refractivity contribution < 1.29 is 19.1 Å². The normalized spacial score (nSPS) is 29.9. The molecule has 0 radical (unpaired) electrons. The highest BCUT2D eigenvalue weighted by Gasteiger charge is 2.59. The van der Waals surface area contributed by atoms with E-state index in [1.807, 2.05) is 48.5 Å². The van der Waals surface area contributed by atoms with Crippen LogP contribution in [0.25, 0.3) is 11.1 Å². The van der Waals surface area contributed by atoms with E-state index < -0.39 is 12.2 Å². The maximum atomic E-state index is 13.1. The Labute approximate surface area is 330 Å². The van der Waals surface area contributed by atoms with Crippen molar-refractivity contribution in [3.05, 3.63) is 71.3 Å². The van der Waals surface area contributed by atoms with Gasteiger partial charge >= 0.3 is 6.09 Å². The number of nitrogens with one attached hydrogen (secondary N) is 2. The van der Waals surface area contributed by atoms with Crippen LogP contribution in [0.4, 0.5) is 4.79 Å². The van der Waals surface area contributed by atoms with Crippen LogP contribution < -0.4 is 10.6 Å². The average Bonchev–Trinajstić information content (AvgIpc) is 3.68. The van der Waals surface area contributed by atoms with E-state index in [1.165, 1.54) is 56.3 Å². The molecule has 3 fully saturated rings. The van der Waals surface area contributed by atoms with Gasteiger partial charge in [0.05, 0.1) is 0 Å². The van der Waals surface area contributed by atoms with Gasteiger partial charge in [-0.25, -0.2) is 4.79 Å². The first-order valence-electron chi connectivity index (χ1n) is 21.7. The molecule has 5 aliphatic rings. The molecule has 0 aromatic heterocycles. The number of hydrogen-bond acceptors (Lipinski definition) is 4. The van der Waals surface area contributed by atoms with E-state index >= 15 is 0 Å². The zero-order chi connectivity index (χ0) is 38.9. The lowest BCUT2D eigenvalue weighted by molar-refractivity contribution is -0.123. The number of allylic oxidation sites excluding steroid dienone is 1. The van der Waals surface area contributed by atoms with Crippen LogP contribution in [0.3, 0.4) is 0 Å². The monoisotopic (exact) mass is 750 g/mol. The van der Waals surface area contributed by atoms with Crippen LogP contribution >= 0.6 is 0 Å². The Hall–Kier alpha value is -3.61. The molecule has 0 saturated heterocycles. The number of carbonyl (C=O) groups is 3. The summed E-state index contributed by atoms with van der Waals surface area (Å²) in [5.41, 5.74) is 6.44. The molecule has 298 valence electrons. The van der Waals surface area contributed by atoms with E-state index in [0.29, 0.717) is 5.41 Å². The Balaban J connectivity index is 0.833. The molecule has 2 N–H and O–H groups in total. The van der Waals surface area contributed by atoms with Crippen LogP contribution in [0.5, 0.6) is 0 Å². The van der Waals surface area contributed by atoms with Crippen molar-refractivity contribution in [3.63, 3.8) is 0 Å². The van der Waals surface area contributed by atoms with Gasteiger partial charge in [-0.05, 0) is 109 Å². The van der Waals surface area contributed by atoms with Crippen molar-refractivity contribution >= 4 is 17.9 Å². The molecule has 7 heteroatoms. The Kier molecular flexibility index (Phi) is 11.9. The van der Waals surface area contributed by atoms with E-state index in [1.54, 1.807) is 12.6 Å². The summed E-state index contributed by atoms with van der Waals surface area (Å²) in [6.45, 7) is 13.0. The maximum absolute atomic E-state index is 13.1. The van der Waals surface area contributed by atoms with Gasteiger partial charge in [0.15, 0.2) is 6.10 Å². The molecule has 7 rings (SSSR count). The highest BCUT2D eigenvalue weighted by atomic mass is 16.6. The largest absolute Gasteiger partial charge is 0.436 e. The van der Waals surface area contributed by atoms with Gasteiger partial charge in [0.1, 0.15) is 0 Å². The quantitative estimate of drug-likeness (QED) is 0.200. The van der Waals surface area contributed by atoms with Gasteiger partial charge in [0, 0.05) is 50.1 Å². The van der Waals surface area contributed by atoms with Crippen molar-refractivity contribution in [3.8, 4) is 11.1 Å². The standard InChI is InChI=1S/C48H67N3O4/c1-31(2)12-11-13-32(3)40-20-21-41-39-19-18-33-30-34(22-26-47(33,4)42(39)23-27-48(40,41)5)50-44(53)24-28-49-43(52)25-29-51(6)46(54)55-45-37-16-9-7-14-35(37)36-15-8-10-17-38(36)45/h7-10,14-18,31-32,34,39-42,45H,11-13,19-30H2,1-6H3,(H,49,52)(H,50,53)/t32-,34+,39+,40-,41+,42+,47+,48-/m1/s1. The lowest BCUT2D eigenvalue weighted by Crippen LogP contribution is -2.52. The Morgan fingerprint density at radius 2 is 1.56 bits per heavy atom. The van der Waals surface area contributed by atoms with Crippen LogP contribution in [-0.2, 0) is 14.3 Å². The molecule has 7 nitrogen and oxygen atoms in total. The third kappa shape index (κ3) is 8.01. The van der Waals surface area contributed by atoms with Gasteiger partial charge in [-0.3, -0.25) is 9.59 Å². The van der Waals surface area contributed by atoms with Crippen molar-refractivity contribution in [2.45, 2.75) is 130 Å². The van der Waals surface area contributed by atoms with Gasteiger partial charge in [0.25, 0.3) is 0 Å². The summed E-state index contributed by atoms with van der Waals surface area (Å²) < 4.78 is 5.96. The van der Waals surface area contributed by atoms with Crippen LogP contribution in [0.15, 0.2) is 60.2 Å². The molecule has 3 saturated carbocycles. The zero-order valence-electron chi connectivity index (χ0n) is 34.5.